The van der Waals surface area contributed by atoms with Crippen LogP contribution in [0.15, 0.2) is 47.8 Å². The van der Waals surface area contributed by atoms with Crippen molar-refractivity contribution < 1.29 is 5.11 Å². The number of aliphatic hydroxyl groups excluding tert-OH is 1. The standard InChI is InChI=1S/C19H25ClN6O.HI/c1-2-22-19(24-12-17(27)14-5-9-21-10-6-14)25-15-7-11-26(13-15)18-16(20)4-3-8-23-18;/h3-6,8-10,15,17,27H,2,7,11-13H2,1H3,(H2,22,24,25);1H. The molecule has 7 nitrogen and oxygen atoms in total. The van der Waals surface area contributed by atoms with Crippen molar-refractivity contribution in [2.75, 3.05) is 31.1 Å². The smallest absolute Gasteiger partial charge is 0.191 e. The van der Waals surface area contributed by atoms with Crippen LogP contribution in [0.4, 0.5) is 5.82 Å². The van der Waals surface area contributed by atoms with E-state index in [1.54, 1.807) is 30.7 Å². The van der Waals surface area contributed by atoms with Crippen LogP contribution in [0.1, 0.15) is 25.0 Å². The Hall–Kier alpha value is -1.65. The lowest BCUT2D eigenvalue weighted by atomic mass is 10.1. The lowest BCUT2D eigenvalue weighted by Crippen LogP contribution is -2.44. The number of rotatable bonds is 6. The summed E-state index contributed by atoms with van der Waals surface area (Å²) in [6.07, 6.45) is 5.40. The number of anilines is 1. The van der Waals surface area contributed by atoms with E-state index in [0.29, 0.717) is 11.0 Å². The van der Waals surface area contributed by atoms with Gasteiger partial charge in [0.1, 0.15) is 5.82 Å². The molecular weight excluding hydrogens is 491 g/mol. The van der Waals surface area contributed by atoms with E-state index in [9.17, 15) is 5.11 Å². The average Bonchev–Trinajstić information content (AvgIpc) is 3.15. The lowest BCUT2D eigenvalue weighted by Gasteiger charge is -2.20. The van der Waals surface area contributed by atoms with Crippen molar-refractivity contribution in [3.05, 3.63) is 53.4 Å². The Kier molecular flexibility index (Phi) is 9.20. The topological polar surface area (TPSA) is 85.7 Å². The van der Waals surface area contributed by atoms with Gasteiger partial charge in [0.15, 0.2) is 5.96 Å². The number of hydrogen-bond donors (Lipinski definition) is 3. The predicted octanol–water partition coefficient (Wildman–Crippen LogP) is 2.62. The molecule has 3 heterocycles. The van der Waals surface area contributed by atoms with Crippen molar-refractivity contribution in [2.45, 2.75) is 25.5 Å². The predicted molar refractivity (Wildman–Crippen MR) is 124 cm³/mol. The Bertz CT molecular complexity index is 763. The minimum Gasteiger partial charge on any atom is -0.386 e. The van der Waals surface area contributed by atoms with Crippen LogP contribution in [0.5, 0.6) is 0 Å². The number of pyridine rings is 2. The van der Waals surface area contributed by atoms with Crippen molar-refractivity contribution in [2.24, 2.45) is 4.99 Å². The highest BCUT2D eigenvalue weighted by Crippen LogP contribution is 2.25. The van der Waals surface area contributed by atoms with Crippen LogP contribution >= 0.6 is 35.6 Å². The van der Waals surface area contributed by atoms with E-state index in [2.05, 4.69) is 30.5 Å². The molecule has 1 aliphatic heterocycles. The molecule has 28 heavy (non-hydrogen) atoms. The third-order valence-electron chi connectivity index (χ3n) is 4.43. The fourth-order valence-corrected chi connectivity index (χ4v) is 3.30. The van der Waals surface area contributed by atoms with Crippen LogP contribution in [0.3, 0.4) is 0 Å². The number of halogens is 2. The zero-order chi connectivity index (χ0) is 19.1. The second-order valence-corrected chi connectivity index (χ2v) is 6.81. The number of nitrogens with one attached hydrogen (secondary N) is 2. The Morgan fingerprint density at radius 1 is 1.36 bits per heavy atom. The highest BCUT2D eigenvalue weighted by molar-refractivity contribution is 14.0. The second kappa shape index (κ2) is 11.4. The first kappa shape index (κ1) is 22.6. The summed E-state index contributed by atoms with van der Waals surface area (Å²) in [7, 11) is 0. The number of hydrogen-bond acceptors (Lipinski definition) is 5. The molecule has 0 bridgehead atoms. The quantitative estimate of drug-likeness (QED) is 0.311. The van der Waals surface area contributed by atoms with Crippen molar-refractivity contribution in [1.82, 2.24) is 20.6 Å². The summed E-state index contributed by atoms with van der Waals surface area (Å²) in [6, 6.07) is 7.52. The summed E-state index contributed by atoms with van der Waals surface area (Å²) < 4.78 is 0. The molecule has 152 valence electrons. The van der Waals surface area contributed by atoms with Crippen molar-refractivity contribution >= 4 is 47.4 Å². The maximum Gasteiger partial charge on any atom is 0.191 e. The zero-order valence-electron chi connectivity index (χ0n) is 15.8. The van der Waals surface area contributed by atoms with Crippen molar-refractivity contribution in [3.8, 4) is 0 Å². The number of aromatic nitrogens is 2. The van der Waals surface area contributed by atoms with Crippen LogP contribution < -0.4 is 15.5 Å². The Morgan fingerprint density at radius 2 is 2.14 bits per heavy atom. The van der Waals surface area contributed by atoms with Gasteiger partial charge in [-0.1, -0.05) is 11.6 Å². The molecule has 9 heteroatoms. The molecule has 3 N–H and O–H groups in total. The Labute approximate surface area is 187 Å². The van der Waals surface area contributed by atoms with E-state index in [1.807, 2.05) is 19.1 Å². The molecule has 2 unspecified atom stereocenters. The van der Waals surface area contributed by atoms with Gasteiger partial charge in [0.25, 0.3) is 0 Å². The summed E-state index contributed by atoms with van der Waals surface area (Å²) >= 11 is 6.26. The molecule has 1 fully saturated rings. The highest BCUT2D eigenvalue weighted by atomic mass is 127. The summed E-state index contributed by atoms with van der Waals surface area (Å²) in [5, 5.41) is 17.6. The van der Waals surface area contributed by atoms with Gasteiger partial charge in [-0.05, 0) is 43.2 Å². The van der Waals surface area contributed by atoms with E-state index in [4.69, 9.17) is 11.6 Å². The van der Waals surface area contributed by atoms with Gasteiger partial charge in [0.2, 0.25) is 0 Å². The minimum absolute atomic E-state index is 0. The first-order valence-electron chi connectivity index (χ1n) is 9.15. The monoisotopic (exact) mass is 516 g/mol. The van der Waals surface area contributed by atoms with Crippen LogP contribution in [-0.2, 0) is 0 Å². The SMILES string of the molecule is CCNC(=NCC(O)c1ccncc1)NC1CCN(c2ncccc2Cl)C1.I. The van der Waals surface area contributed by atoms with Gasteiger partial charge in [0, 0.05) is 44.3 Å². The largest absolute Gasteiger partial charge is 0.386 e. The molecule has 2 aromatic heterocycles. The third-order valence-corrected chi connectivity index (χ3v) is 4.72. The summed E-state index contributed by atoms with van der Waals surface area (Å²) in [5.74, 6) is 1.52. The first-order valence-corrected chi connectivity index (χ1v) is 9.53. The number of aliphatic hydroxyl groups is 1. The van der Waals surface area contributed by atoms with Gasteiger partial charge < -0.3 is 20.6 Å². The van der Waals surface area contributed by atoms with Gasteiger partial charge in [-0.3, -0.25) is 9.98 Å². The summed E-state index contributed by atoms with van der Waals surface area (Å²) in [6.45, 7) is 4.73. The number of nitrogens with zero attached hydrogens (tertiary/aromatic N) is 4. The maximum absolute atomic E-state index is 10.3. The van der Waals surface area contributed by atoms with Crippen LogP contribution in [0.25, 0.3) is 0 Å². The molecule has 0 amide bonds. The second-order valence-electron chi connectivity index (χ2n) is 6.40. The van der Waals surface area contributed by atoms with Gasteiger partial charge in [-0.25, -0.2) is 4.98 Å². The van der Waals surface area contributed by atoms with Gasteiger partial charge >= 0.3 is 0 Å². The third kappa shape index (κ3) is 6.18. The van der Waals surface area contributed by atoms with E-state index in [-0.39, 0.29) is 36.6 Å². The summed E-state index contributed by atoms with van der Waals surface area (Å²) in [4.78, 5) is 15.1. The van der Waals surface area contributed by atoms with E-state index < -0.39 is 6.10 Å². The van der Waals surface area contributed by atoms with Crippen molar-refractivity contribution in [1.29, 1.82) is 0 Å². The number of guanidine groups is 1. The average molecular weight is 517 g/mol. The fourth-order valence-electron chi connectivity index (χ4n) is 3.06. The molecule has 0 aliphatic carbocycles. The van der Waals surface area contributed by atoms with Gasteiger partial charge in [-0.2, -0.15) is 0 Å². The van der Waals surface area contributed by atoms with E-state index in [1.165, 1.54) is 0 Å². The normalized spacial score (nSPS) is 17.8. The fraction of sp³-hybridized carbons (Fsp3) is 0.421. The lowest BCUT2D eigenvalue weighted by molar-refractivity contribution is 0.187. The first-order chi connectivity index (χ1) is 13.2. The van der Waals surface area contributed by atoms with Gasteiger partial charge in [-0.15, -0.1) is 24.0 Å². The molecule has 0 spiro atoms. The summed E-state index contributed by atoms with van der Waals surface area (Å²) in [5.41, 5.74) is 0.807. The molecule has 3 rings (SSSR count). The minimum atomic E-state index is -0.657. The molecule has 1 saturated heterocycles. The molecular formula is C19H26ClIN6O. The molecule has 1 aliphatic rings. The molecule has 2 aromatic rings. The Balaban J connectivity index is 0.00000280. The molecule has 0 saturated carbocycles. The number of aliphatic imine (C=N–C) groups is 1. The highest BCUT2D eigenvalue weighted by Gasteiger charge is 2.25. The van der Waals surface area contributed by atoms with Crippen molar-refractivity contribution in [3.63, 3.8) is 0 Å². The molecule has 0 radical (unpaired) electrons. The molecule has 2 atom stereocenters. The van der Waals surface area contributed by atoms with Crippen LogP contribution in [0, 0.1) is 0 Å². The van der Waals surface area contributed by atoms with E-state index in [0.717, 1.165) is 37.4 Å². The van der Waals surface area contributed by atoms with Crippen LogP contribution in [-0.4, -0.2) is 53.3 Å². The Morgan fingerprint density at radius 3 is 2.86 bits per heavy atom. The molecule has 0 aromatic carbocycles. The van der Waals surface area contributed by atoms with Crippen LogP contribution in [0.2, 0.25) is 5.02 Å². The van der Waals surface area contributed by atoms with Gasteiger partial charge in [0.05, 0.1) is 17.7 Å². The zero-order valence-corrected chi connectivity index (χ0v) is 18.8. The maximum atomic E-state index is 10.3. The van der Waals surface area contributed by atoms with E-state index >= 15 is 0 Å².